The fourth-order valence-electron chi connectivity index (χ4n) is 2.29. The van der Waals surface area contributed by atoms with Crippen LogP contribution in [-0.2, 0) is 13.6 Å². The van der Waals surface area contributed by atoms with Gasteiger partial charge in [0.15, 0.2) is 0 Å². The van der Waals surface area contributed by atoms with Crippen molar-refractivity contribution < 1.29 is 0 Å². The van der Waals surface area contributed by atoms with Crippen LogP contribution < -0.4 is 4.90 Å². The van der Waals surface area contributed by atoms with Crippen molar-refractivity contribution in [1.29, 1.82) is 0 Å². The van der Waals surface area contributed by atoms with E-state index in [1.54, 1.807) is 0 Å². The molecule has 3 rings (SSSR count). The Morgan fingerprint density at radius 3 is 2.80 bits per heavy atom. The van der Waals surface area contributed by atoms with Gasteiger partial charge in [-0.05, 0) is 24.3 Å². The molecule has 3 aromatic rings. The van der Waals surface area contributed by atoms with Crippen LogP contribution in [0.3, 0.4) is 0 Å². The van der Waals surface area contributed by atoms with Crippen molar-refractivity contribution in [2.75, 3.05) is 11.9 Å². The number of benzene rings is 1. The van der Waals surface area contributed by atoms with Gasteiger partial charge in [-0.1, -0.05) is 15.9 Å². The van der Waals surface area contributed by atoms with Crippen LogP contribution in [0.5, 0.6) is 0 Å². The third kappa shape index (κ3) is 2.41. The number of imidazole rings is 1. The molecule has 1 aromatic carbocycles. The Labute approximate surface area is 126 Å². The van der Waals surface area contributed by atoms with Gasteiger partial charge in [0, 0.05) is 48.2 Å². The van der Waals surface area contributed by atoms with Crippen molar-refractivity contribution >= 4 is 32.5 Å². The maximum absolute atomic E-state index is 4.42. The molecule has 0 amide bonds. The second-order valence-corrected chi connectivity index (χ2v) is 5.72. The van der Waals surface area contributed by atoms with Crippen molar-refractivity contribution in [2.24, 2.45) is 7.05 Å². The number of hydrogen-bond acceptors (Lipinski definition) is 3. The van der Waals surface area contributed by atoms with Gasteiger partial charge < -0.3 is 9.47 Å². The minimum absolute atomic E-state index is 0.763. The average Bonchev–Trinajstić information content (AvgIpc) is 2.83. The quantitative estimate of drug-likeness (QED) is 0.738. The molecule has 4 nitrogen and oxygen atoms in total. The first kappa shape index (κ1) is 13.1. The molecule has 0 fully saturated rings. The molecule has 20 heavy (non-hydrogen) atoms. The molecule has 0 N–H and O–H groups in total. The highest BCUT2D eigenvalue weighted by molar-refractivity contribution is 9.10. The van der Waals surface area contributed by atoms with Crippen LogP contribution in [0.25, 0.3) is 10.9 Å². The zero-order valence-corrected chi connectivity index (χ0v) is 13.0. The second-order valence-electron chi connectivity index (χ2n) is 4.80. The second kappa shape index (κ2) is 5.25. The number of aromatic nitrogens is 3. The summed E-state index contributed by atoms with van der Waals surface area (Å²) in [6.07, 6.45) is 5.63. The maximum atomic E-state index is 4.42. The summed E-state index contributed by atoms with van der Waals surface area (Å²) >= 11 is 3.49. The van der Waals surface area contributed by atoms with Crippen LogP contribution in [0.4, 0.5) is 5.69 Å². The van der Waals surface area contributed by atoms with Gasteiger partial charge in [-0.25, -0.2) is 4.98 Å². The zero-order chi connectivity index (χ0) is 14.1. The minimum Gasteiger partial charge on any atom is -0.367 e. The lowest BCUT2D eigenvalue weighted by Gasteiger charge is -2.20. The lowest BCUT2D eigenvalue weighted by molar-refractivity contribution is 0.763. The molecule has 0 bridgehead atoms. The molecule has 2 heterocycles. The summed E-state index contributed by atoms with van der Waals surface area (Å²) in [5, 5.41) is 1.15. The summed E-state index contributed by atoms with van der Waals surface area (Å²) in [7, 11) is 4.09. The SMILES string of the molecule is CN(Cc1nccn1C)c1ccnc2cc(Br)ccc12. The van der Waals surface area contributed by atoms with Crippen molar-refractivity contribution in [2.45, 2.75) is 6.54 Å². The van der Waals surface area contributed by atoms with Crippen molar-refractivity contribution in [1.82, 2.24) is 14.5 Å². The fourth-order valence-corrected chi connectivity index (χ4v) is 2.63. The smallest absolute Gasteiger partial charge is 0.127 e. The predicted octanol–water partition coefficient (Wildman–Crippen LogP) is 3.37. The van der Waals surface area contributed by atoms with Crippen LogP contribution in [0.15, 0.2) is 47.3 Å². The standard InChI is InChI=1S/C15H15BrN4/c1-19-8-7-18-15(19)10-20(2)14-5-6-17-13-9-11(16)3-4-12(13)14/h3-9H,10H2,1-2H3. The third-order valence-corrected chi connectivity index (χ3v) is 3.89. The average molecular weight is 331 g/mol. The molecular weight excluding hydrogens is 316 g/mol. The lowest BCUT2D eigenvalue weighted by atomic mass is 10.2. The molecule has 5 heteroatoms. The van der Waals surface area contributed by atoms with Crippen molar-refractivity contribution in [3.8, 4) is 0 Å². The van der Waals surface area contributed by atoms with Gasteiger partial charge in [-0.15, -0.1) is 0 Å². The van der Waals surface area contributed by atoms with Crippen LogP contribution >= 0.6 is 15.9 Å². The van der Waals surface area contributed by atoms with Crippen LogP contribution in [0.1, 0.15) is 5.82 Å². The topological polar surface area (TPSA) is 34.0 Å². The Hall–Kier alpha value is -1.88. The first-order chi connectivity index (χ1) is 9.65. The van der Waals surface area contributed by atoms with E-state index in [2.05, 4.69) is 43.9 Å². The van der Waals surface area contributed by atoms with Crippen molar-refractivity contribution in [3.05, 3.63) is 53.2 Å². The minimum atomic E-state index is 0.763. The number of fused-ring (bicyclic) bond motifs is 1. The first-order valence-electron chi connectivity index (χ1n) is 6.37. The first-order valence-corrected chi connectivity index (χ1v) is 7.16. The van der Waals surface area contributed by atoms with Gasteiger partial charge in [0.25, 0.3) is 0 Å². The Kier molecular flexibility index (Phi) is 3.44. The lowest BCUT2D eigenvalue weighted by Crippen LogP contribution is -2.19. The summed E-state index contributed by atoms with van der Waals surface area (Å²) in [4.78, 5) is 11.0. The Bertz CT molecular complexity index is 750. The van der Waals surface area contributed by atoms with Crippen LogP contribution in [0, 0.1) is 0 Å². The number of halogens is 1. The molecule has 0 saturated carbocycles. The highest BCUT2D eigenvalue weighted by Gasteiger charge is 2.09. The van der Waals surface area contributed by atoms with Gasteiger partial charge in [0.2, 0.25) is 0 Å². The number of aryl methyl sites for hydroxylation is 1. The molecule has 2 aromatic heterocycles. The molecule has 0 unspecified atom stereocenters. The number of anilines is 1. The van der Waals surface area contributed by atoms with Gasteiger partial charge in [-0.2, -0.15) is 0 Å². The van der Waals surface area contributed by atoms with E-state index >= 15 is 0 Å². The summed E-state index contributed by atoms with van der Waals surface area (Å²) in [6.45, 7) is 0.763. The molecule has 0 atom stereocenters. The Morgan fingerprint density at radius 2 is 2.05 bits per heavy atom. The molecule has 102 valence electrons. The van der Waals surface area contributed by atoms with Crippen LogP contribution in [0.2, 0.25) is 0 Å². The molecule has 0 aliphatic heterocycles. The van der Waals surface area contributed by atoms with E-state index in [-0.39, 0.29) is 0 Å². The molecule has 0 radical (unpaired) electrons. The van der Waals surface area contributed by atoms with E-state index in [1.165, 1.54) is 0 Å². The summed E-state index contributed by atoms with van der Waals surface area (Å²) in [5.74, 6) is 1.04. The summed E-state index contributed by atoms with van der Waals surface area (Å²) < 4.78 is 3.08. The largest absolute Gasteiger partial charge is 0.367 e. The van der Waals surface area contributed by atoms with E-state index in [1.807, 2.05) is 48.4 Å². The molecule has 0 spiro atoms. The Morgan fingerprint density at radius 1 is 1.20 bits per heavy atom. The van der Waals surface area contributed by atoms with E-state index in [0.29, 0.717) is 0 Å². The molecule has 0 saturated heterocycles. The van der Waals surface area contributed by atoms with Crippen molar-refractivity contribution in [3.63, 3.8) is 0 Å². The fraction of sp³-hybridized carbons (Fsp3) is 0.200. The Balaban J connectivity index is 1.99. The van der Waals surface area contributed by atoms with Gasteiger partial charge in [0.1, 0.15) is 5.82 Å². The van der Waals surface area contributed by atoms with E-state index in [0.717, 1.165) is 33.4 Å². The van der Waals surface area contributed by atoms with Gasteiger partial charge >= 0.3 is 0 Å². The zero-order valence-electron chi connectivity index (χ0n) is 11.4. The number of rotatable bonds is 3. The summed E-state index contributed by atoms with van der Waals surface area (Å²) in [6, 6.07) is 8.21. The molecule has 0 aliphatic carbocycles. The van der Waals surface area contributed by atoms with E-state index in [4.69, 9.17) is 0 Å². The van der Waals surface area contributed by atoms with Gasteiger partial charge in [-0.3, -0.25) is 4.98 Å². The van der Waals surface area contributed by atoms with Gasteiger partial charge in [0.05, 0.1) is 12.1 Å². The van der Waals surface area contributed by atoms with E-state index < -0.39 is 0 Å². The van der Waals surface area contributed by atoms with Crippen LogP contribution in [-0.4, -0.2) is 21.6 Å². The predicted molar refractivity (Wildman–Crippen MR) is 84.8 cm³/mol. The highest BCUT2D eigenvalue weighted by atomic mass is 79.9. The third-order valence-electron chi connectivity index (χ3n) is 3.39. The normalized spacial score (nSPS) is 10.9. The number of hydrogen-bond donors (Lipinski definition) is 0. The maximum Gasteiger partial charge on any atom is 0.127 e. The number of pyridine rings is 1. The summed E-state index contributed by atoms with van der Waals surface area (Å²) in [5.41, 5.74) is 2.15. The monoisotopic (exact) mass is 330 g/mol. The molecular formula is C15H15BrN4. The van der Waals surface area contributed by atoms with E-state index in [9.17, 15) is 0 Å². The molecule has 0 aliphatic rings. The highest BCUT2D eigenvalue weighted by Crippen LogP contribution is 2.27. The number of nitrogens with zero attached hydrogens (tertiary/aromatic N) is 4.